The number of rotatable bonds is 10. The van der Waals surface area contributed by atoms with E-state index in [1.165, 1.54) is 6.08 Å². The van der Waals surface area contributed by atoms with Crippen LogP contribution in [0.5, 0.6) is 11.5 Å². The molecule has 1 fully saturated rings. The first kappa shape index (κ1) is 26.8. The number of ketones is 3. The summed E-state index contributed by atoms with van der Waals surface area (Å²) in [6, 6.07) is 34.6. The minimum Gasteiger partial charge on any atom is -0.485 e. The number of carbonyl (C=O) groups is 3. The lowest BCUT2D eigenvalue weighted by atomic mass is 9.75. The van der Waals surface area contributed by atoms with Gasteiger partial charge in [-0.15, -0.1) is 0 Å². The second-order valence-corrected chi connectivity index (χ2v) is 9.87. The highest BCUT2D eigenvalue weighted by Gasteiger charge is 2.39. The molecule has 0 spiro atoms. The van der Waals surface area contributed by atoms with Crippen LogP contribution in [0.25, 0.3) is 6.08 Å². The predicted octanol–water partition coefficient (Wildman–Crippen LogP) is 6.76. The van der Waals surface area contributed by atoms with Crippen LogP contribution in [0.3, 0.4) is 0 Å². The average Bonchev–Trinajstić information content (AvgIpc) is 2.99. The Morgan fingerprint density at radius 3 is 1.77 bits per heavy atom. The Bertz CT molecular complexity index is 1480. The topological polar surface area (TPSA) is 69.7 Å². The summed E-state index contributed by atoms with van der Waals surface area (Å²) < 4.78 is 12.2. The molecule has 1 aliphatic rings. The molecular formula is C35H30O5. The molecule has 0 bridgehead atoms. The Hall–Kier alpha value is -4.77. The maximum absolute atomic E-state index is 13.0. The summed E-state index contributed by atoms with van der Waals surface area (Å²) in [5.41, 5.74) is 3.68. The molecule has 5 rings (SSSR count). The fourth-order valence-corrected chi connectivity index (χ4v) is 4.86. The van der Waals surface area contributed by atoms with Gasteiger partial charge in [-0.25, -0.2) is 0 Å². The first-order chi connectivity index (χ1) is 19.6. The molecule has 200 valence electrons. The highest BCUT2D eigenvalue weighted by atomic mass is 16.5. The van der Waals surface area contributed by atoms with E-state index >= 15 is 0 Å². The second kappa shape index (κ2) is 12.9. The summed E-state index contributed by atoms with van der Waals surface area (Å²) in [6.07, 6.45) is 3.31. The Kier molecular flexibility index (Phi) is 8.62. The zero-order valence-corrected chi connectivity index (χ0v) is 22.1. The quantitative estimate of drug-likeness (QED) is 0.167. The molecule has 0 unspecified atom stereocenters. The lowest BCUT2D eigenvalue weighted by molar-refractivity contribution is -0.140. The van der Waals surface area contributed by atoms with Crippen LogP contribution in [0.4, 0.5) is 0 Å². The van der Waals surface area contributed by atoms with Gasteiger partial charge >= 0.3 is 0 Å². The minimum absolute atomic E-state index is 0.179. The number of hydrogen-bond acceptors (Lipinski definition) is 5. The van der Waals surface area contributed by atoms with E-state index in [4.69, 9.17) is 9.47 Å². The Balaban J connectivity index is 1.29. The van der Waals surface area contributed by atoms with Crippen molar-refractivity contribution in [2.75, 3.05) is 0 Å². The van der Waals surface area contributed by atoms with Gasteiger partial charge in [-0.05, 0) is 46.4 Å². The summed E-state index contributed by atoms with van der Waals surface area (Å²) in [5, 5.41) is 0. The van der Waals surface area contributed by atoms with Crippen LogP contribution in [-0.4, -0.2) is 17.3 Å². The van der Waals surface area contributed by atoms with E-state index in [1.54, 1.807) is 18.2 Å². The standard InChI is InChI=1S/C35H30O5/c36-30(35-31(37)21-29(22-32(35)38)28-14-8-3-9-15-28)18-16-25-17-19-33(39-23-26-10-4-1-5-11-26)34(20-25)40-24-27-12-6-2-7-13-27/h1-20,29,35H,21-24H2/b18-16+. The molecule has 0 aromatic heterocycles. The number of hydrogen-bond donors (Lipinski definition) is 0. The van der Waals surface area contributed by atoms with Crippen molar-refractivity contribution >= 4 is 23.4 Å². The van der Waals surface area contributed by atoms with Crippen LogP contribution in [0.1, 0.15) is 41.0 Å². The Morgan fingerprint density at radius 2 is 1.20 bits per heavy atom. The van der Waals surface area contributed by atoms with E-state index in [0.717, 1.165) is 16.7 Å². The molecule has 1 aliphatic carbocycles. The lowest BCUT2D eigenvalue weighted by Crippen LogP contribution is -2.37. The SMILES string of the molecule is O=C(/C=C/c1ccc(OCc2ccccc2)c(OCc2ccccc2)c1)C1C(=O)CC(c2ccccc2)CC1=O. The molecule has 5 heteroatoms. The number of Topliss-reactive ketones (excluding diaryl/α,β-unsaturated/α-hetero) is 2. The molecule has 40 heavy (non-hydrogen) atoms. The Labute approximate surface area is 234 Å². The molecule has 0 aliphatic heterocycles. The zero-order valence-electron chi connectivity index (χ0n) is 22.1. The molecule has 5 nitrogen and oxygen atoms in total. The maximum Gasteiger partial charge on any atom is 0.173 e. The molecule has 4 aromatic carbocycles. The number of carbonyl (C=O) groups excluding carboxylic acids is 3. The van der Waals surface area contributed by atoms with Crippen LogP contribution < -0.4 is 9.47 Å². The van der Waals surface area contributed by atoms with Crippen LogP contribution in [0.15, 0.2) is 115 Å². The van der Waals surface area contributed by atoms with Crippen molar-refractivity contribution in [3.63, 3.8) is 0 Å². The van der Waals surface area contributed by atoms with Gasteiger partial charge in [0.2, 0.25) is 0 Å². The normalized spacial score (nSPS) is 17.1. The minimum atomic E-state index is -1.24. The van der Waals surface area contributed by atoms with E-state index < -0.39 is 11.7 Å². The molecule has 1 saturated carbocycles. The smallest absolute Gasteiger partial charge is 0.173 e. The molecular weight excluding hydrogens is 500 g/mol. The van der Waals surface area contributed by atoms with Gasteiger partial charge in [0.15, 0.2) is 28.8 Å². The first-order valence-electron chi connectivity index (χ1n) is 13.4. The van der Waals surface area contributed by atoms with Gasteiger partial charge in [0, 0.05) is 12.8 Å². The van der Waals surface area contributed by atoms with E-state index in [1.807, 2.05) is 97.1 Å². The summed E-state index contributed by atoms with van der Waals surface area (Å²) in [6.45, 7) is 0.731. The van der Waals surface area contributed by atoms with Crippen molar-refractivity contribution in [3.8, 4) is 11.5 Å². The van der Waals surface area contributed by atoms with Crippen molar-refractivity contribution in [3.05, 3.63) is 138 Å². The van der Waals surface area contributed by atoms with Crippen molar-refractivity contribution in [2.45, 2.75) is 32.0 Å². The summed E-state index contributed by atoms with van der Waals surface area (Å²) in [4.78, 5) is 38.6. The Morgan fingerprint density at radius 1 is 0.675 bits per heavy atom. The summed E-state index contributed by atoms with van der Waals surface area (Å²) >= 11 is 0. The fraction of sp³-hybridized carbons (Fsp3) is 0.171. The maximum atomic E-state index is 13.0. The van der Waals surface area contributed by atoms with Gasteiger partial charge in [-0.1, -0.05) is 103 Å². The predicted molar refractivity (Wildman–Crippen MR) is 154 cm³/mol. The average molecular weight is 531 g/mol. The number of benzene rings is 4. The molecule has 4 aromatic rings. The number of ether oxygens (including phenoxy) is 2. The molecule has 0 amide bonds. The van der Waals surface area contributed by atoms with E-state index in [9.17, 15) is 14.4 Å². The van der Waals surface area contributed by atoms with E-state index in [-0.39, 0.29) is 30.3 Å². The fourth-order valence-electron chi connectivity index (χ4n) is 4.86. The van der Waals surface area contributed by atoms with Crippen molar-refractivity contribution in [1.82, 2.24) is 0 Å². The van der Waals surface area contributed by atoms with Gasteiger partial charge < -0.3 is 9.47 Å². The first-order valence-corrected chi connectivity index (χ1v) is 13.4. The molecule has 0 radical (unpaired) electrons. The summed E-state index contributed by atoms with van der Waals surface area (Å²) in [7, 11) is 0. The third kappa shape index (κ3) is 6.80. The van der Waals surface area contributed by atoms with Crippen molar-refractivity contribution < 1.29 is 23.9 Å². The van der Waals surface area contributed by atoms with Crippen molar-refractivity contribution in [2.24, 2.45) is 5.92 Å². The third-order valence-corrected chi connectivity index (χ3v) is 6.98. The molecule has 0 heterocycles. The highest BCUT2D eigenvalue weighted by molar-refractivity contribution is 6.24. The largest absolute Gasteiger partial charge is 0.485 e. The number of allylic oxidation sites excluding steroid dienone is 1. The van der Waals surface area contributed by atoms with Gasteiger partial charge in [0.25, 0.3) is 0 Å². The van der Waals surface area contributed by atoms with E-state index in [0.29, 0.717) is 30.3 Å². The zero-order chi connectivity index (χ0) is 27.7. The van der Waals surface area contributed by atoms with Crippen LogP contribution in [0, 0.1) is 5.92 Å². The summed E-state index contributed by atoms with van der Waals surface area (Å²) in [5.74, 6) is -1.44. The van der Waals surface area contributed by atoms with Crippen LogP contribution in [0.2, 0.25) is 0 Å². The third-order valence-electron chi connectivity index (χ3n) is 6.98. The van der Waals surface area contributed by atoms with Gasteiger partial charge in [0.05, 0.1) is 0 Å². The van der Waals surface area contributed by atoms with E-state index in [2.05, 4.69) is 0 Å². The van der Waals surface area contributed by atoms with Gasteiger partial charge in [-0.2, -0.15) is 0 Å². The second-order valence-electron chi connectivity index (χ2n) is 9.87. The van der Waals surface area contributed by atoms with Crippen LogP contribution in [-0.2, 0) is 27.6 Å². The lowest BCUT2D eigenvalue weighted by Gasteiger charge is -2.25. The van der Waals surface area contributed by atoms with Crippen LogP contribution >= 0.6 is 0 Å². The molecule has 0 saturated heterocycles. The van der Waals surface area contributed by atoms with Crippen molar-refractivity contribution in [1.29, 1.82) is 0 Å². The highest BCUT2D eigenvalue weighted by Crippen LogP contribution is 2.33. The monoisotopic (exact) mass is 530 g/mol. The van der Waals surface area contributed by atoms with Gasteiger partial charge in [0.1, 0.15) is 19.1 Å². The van der Waals surface area contributed by atoms with Gasteiger partial charge in [-0.3, -0.25) is 14.4 Å². The molecule has 0 atom stereocenters. The molecule has 0 N–H and O–H groups in total.